The van der Waals surface area contributed by atoms with Gasteiger partial charge in [-0.15, -0.1) is 10.2 Å². The Kier molecular flexibility index (Phi) is 6.10. The highest BCUT2D eigenvalue weighted by Crippen LogP contribution is 2.33. The number of aliphatic hydroxyl groups excluding tert-OH is 1. The zero-order valence-electron chi connectivity index (χ0n) is 18.9. The number of nitrogens with zero attached hydrogens (tertiary/aromatic N) is 6. The van der Waals surface area contributed by atoms with Crippen molar-refractivity contribution in [1.29, 1.82) is 0 Å². The van der Waals surface area contributed by atoms with Gasteiger partial charge in [0.05, 0.1) is 31.9 Å². The Morgan fingerprint density at radius 2 is 2.03 bits per heavy atom. The molecule has 1 aromatic carbocycles. The topological polar surface area (TPSA) is 112 Å². The zero-order valence-corrected chi connectivity index (χ0v) is 18.9. The van der Waals surface area contributed by atoms with Crippen molar-refractivity contribution < 1.29 is 14.6 Å². The molecule has 1 fully saturated rings. The lowest BCUT2D eigenvalue weighted by Crippen LogP contribution is -2.31. The van der Waals surface area contributed by atoms with E-state index in [-0.39, 0.29) is 18.8 Å². The minimum Gasteiger partial charge on any atom is -0.479 e. The fourth-order valence-corrected chi connectivity index (χ4v) is 4.57. The van der Waals surface area contributed by atoms with Gasteiger partial charge in [-0.1, -0.05) is 11.3 Å². The van der Waals surface area contributed by atoms with Gasteiger partial charge in [0, 0.05) is 24.3 Å². The lowest BCUT2D eigenvalue weighted by molar-refractivity contribution is 0.00718. The van der Waals surface area contributed by atoms with Gasteiger partial charge in [0.25, 0.3) is 0 Å². The zero-order chi connectivity index (χ0) is 22.8. The molecular formula is C23H29N7O3. The predicted molar refractivity (Wildman–Crippen MR) is 124 cm³/mol. The first-order chi connectivity index (χ1) is 16.2. The van der Waals surface area contributed by atoms with E-state index >= 15 is 0 Å². The lowest BCUT2D eigenvalue weighted by atomic mass is 9.93. The van der Waals surface area contributed by atoms with E-state index in [0.29, 0.717) is 18.4 Å². The van der Waals surface area contributed by atoms with Gasteiger partial charge in [-0.2, -0.15) is 4.98 Å². The fraction of sp³-hybridized carbons (Fsp3) is 0.478. The van der Waals surface area contributed by atoms with Crippen LogP contribution in [0.2, 0.25) is 0 Å². The van der Waals surface area contributed by atoms with Gasteiger partial charge in [0.15, 0.2) is 0 Å². The van der Waals surface area contributed by atoms with Gasteiger partial charge in [-0.05, 0) is 56.4 Å². The van der Waals surface area contributed by atoms with Gasteiger partial charge < -0.3 is 19.9 Å². The first kappa shape index (κ1) is 21.6. The maximum Gasteiger partial charge on any atom is 0.244 e. The van der Waals surface area contributed by atoms with Gasteiger partial charge in [-0.25, -0.2) is 9.20 Å². The van der Waals surface area contributed by atoms with Crippen molar-refractivity contribution in [2.75, 3.05) is 25.6 Å². The number of hydrogen-bond acceptors (Lipinski definition) is 8. The average Bonchev–Trinajstić information content (AvgIpc) is 3.46. The molecule has 1 aliphatic rings. The number of fused-ring (bicyclic) bond motifs is 2. The second kappa shape index (κ2) is 9.32. The van der Waals surface area contributed by atoms with Crippen molar-refractivity contribution in [3.05, 3.63) is 30.5 Å². The molecule has 3 aromatic heterocycles. The molecule has 4 aromatic rings. The number of rotatable bonds is 8. The summed E-state index contributed by atoms with van der Waals surface area (Å²) in [5.74, 6) is 1.07. The Morgan fingerprint density at radius 3 is 2.79 bits per heavy atom. The van der Waals surface area contributed by atoms with Crippen LogP contribution in [0.5, 0.6) is 5.88 Å². The summed E-state index contributed by atoms with van der Waals surface area (Å²) in [7, 11) is 1.63. The highest BCUT2D eigenvalue weighted by atomic mass is 16.5. The summed E-state index contributed by atoms with van der Waals surface area (Å²) in [6.45, 7) is 3.28. The molecule has 0 atom stereocenters. The van der Waals surface area contributed by atoms with Gasteiger partial charge in [0.1, 0.15) is 11.0 Å². The average molecular weight is 452 g/mol. The van der Waals surface area contributed by atoms with Crippen LogP contribution in [0.15, 0.2) is 30.5 Å². The van der Waals surface area contributed by atoms with Crippen LogP contribution in [0.3, 0.4) is 0 Å². The van der Waals surface area contributed by atoms with E-state index in [1.807, 2.05) is 33.6 Å². The Balaban J connectivity index is 1.40. The first-order valence-corrected chi connectivity index (χ1v) is 11.5. The van der Waals surface area contributed by atoms with Crippen LogP contribution in [0.1, 0.15) is 32.6 Å². The summed E-state index contributed by atoms with van der Waals surface area (Å²) in [6, 6.07) is 8.42. The van der Waals surface area contributed by atoms with E-state index in [0.717, 1.165) is 59.9 Å². The van der Waals surface area contributed by atoms with Crippen LogP contribution >= 0.6 is 0 Å². The molecule has 10 nitrogen and oxygen atoms in total. The van der Waals surface area contributed by atoms with Crippen LogP contribution in [-0.2, 0) is 11.3 Å². The van der Waals surface area contributed by atoms with Crippen LogP contribution in [0.4, 0.5) is 5.95 Å². The Morgan fingerprint density at radius 1 is 1.18 bits per heavy atom. The van der Waals surface area contributed by atoms with Crippen molar-refractivity contribution in [1.82, 2.24) is 29.6 Å². The van der Waals surface area contributed by atoms with E-state index < -0.39 is 0 Å². The molecule has 1 aliphatic carbocycles. The standard InChI is InChI=1S/C23H29N7O3/c1-3-29-20-14-15(4-9-19(20)26-28-29)18-10-11-30-21(18)22(32-2)25-23(27-30)24-16-5-7-17(8-6-16)33-13-12-31/h4,9-11,14,16-17,31H,3,5-8,12-13H2,1-2H3,(H,24,27)/t16-,17+. The van der Waals surface area contributed by atoms with Gasteiger partial charge in [0.2, 0.25) is 11.8 Å². The Bertz CT molecular complexity index is 1240. The number of ether oxygens (including phenoxy) is 2. The van der Waals surface area contributed by atoms with Crippen molar-refractivity contribution in [3.63, 3.8) is 0 Å². The number of aliphatic hydroxyl groups is 1. The number of benzene rings is 1. The molecule has 0 radical (unpaired) electrons. The summed E-state index contributed by atoms with van der Waals surface area (Å²) < 4.78 is 15.0. The van der Waals surface area contributed by atoms with Crippen LogP contribution in [0, 0.1) is 0 Å². The smallest absolute Gasteiger partial charge is 0.244 e. The van der Waals surface area contributed by atoms with Crippen molar-refractivity contribution >= 4 is 22.5 Å². The molecule has 33 heavy (non-hydrogen) atoms. The normalized spacial score (nSPS) is 18.8. The van der Waals surface area contributed by atoms with Gasteiger partial charge in [-0.3, -0.25) is 0 Å². The number of methoxy groups -OCH3 is 1. The summed E-state index contributed by atoms with van der Waals surface area (Å²) in [4.78, 5) is 4.67. The maximum absolute atomic E-state index is 8.94. The molecule has 0 spiro atoms. The fourth-order valence-electron chi connectivity index (χ4n) is 4.57. The highest BCUT2D eigenvalue weighted by Gasteiger charge is 2.23. The van der Waals surface area contributed by atoms with E-state index in [9.17, 15) is 0 Å². The molecule has 0 saturated heterocycles. The summed E-state index contributed by atoms with van der Waals surface area (Å²) in [5, 5.41) is 25.5. The van der Waals surface area contributed by atoms with Gasteiger partial charge >= 0.3 is 0 Å². The third kappa shape index (κ3) is 4.23. The molecule has 1 saturated carbocycles. The number of nitrogens with one attached hydrogen (secondary N) is 1. The molecule has 2 N–H and O–H groups in total. The Hall–Kier alpha value is -3.24. The highest BCUT2D eigenvalue weighted by molar-refractivity contribution is 5.89. The lowest BCUT2D eigenvalue weighted by Gasteiger charge is -2.29. The minimum atomic E-state index is 0.0671. The molecule has 0 amide bonds. The molecule has 0 bridgehead atoms. The van der Waals surface area contributed by atoms with Crippen molar-refractivity contribution in [2.24, 2.45) is 0 Å². The first-order valence-electron chi connectivity index (χ1n) is 11.5. The molecule has 3 heterocycles. The molecule has 5 rings (SSSR count). The second-order valence-corrected chi connectivity index (χ2v) is 8.29. The van der Waals surface area contributed by atoms with E-state index in [1.54, 1.807) is 7.11 Å². The van der Waals surface area contributed by atoms with Crippen LogP contribution < -0.4 is 10.1 Å². The van der Waals surface area contributed by atoms with Crippen molar-refractivity contribution in [2.45, 2.75) is 51.3 Å². The molecule has 0 unspecified atom stereocenters. The number of hydrogen-bond donors (Lipinski definition) is 2. The number of anilines is 1. The monoisotopic (exact) mass is 451 g/mol. The van der Waals surface area contributed by atoms with Crippen LogP contribution in [-0.4, -0.2) is 67.2 Å². The molecule has 174 valence electrons. The Labute approximate surface area is 191 Å². The third-order valence-electron chi connectivity index (χ3n) is 6.25. The van der Waals surface area contributed by atoms with E-state index in [2.05, 4.69) is 33.6 Å². The predicted octanol–water partition coefficient (Wildman–Crippen LogP) is 2.90. The summed E-state index contributed by atoms with van der Waals surface area (Å²) in [5.41, 5.74) is 4.71. The largest absolute Gasteiger partial charge is 0.479 e. The molecular weight excluding hydrogens is 422 g/mol. The minimum absolute atomic E-state index is 0.0671. The number of aryl methyl sites for hydroxylation is 1. The molecule has 0 aliphatic heterocycles. The maximum atomic E-state index is 8.94. The summed E-state index contributed by atoms with van der Waals surface area (Å²) in [6.07, 6.45) is 5.99. The summed E-state index contributed by atoms with van der Waals surface area (Å²) >= 11 is 0. The molecule has 10 heteroatoms. The van der Waals surface area contributed by atoms with E-state index in [1.165, 1.54) is 0 Å². The second-order valence-electron chi connectivity index (χ2n) is 8.29. The quantitative estimate of drug-likeness (QED) is 0.421. The third-order valence-corrected chi connectivity index (χ3v) is 6.25. The number of aromatic nitrogens is 6. The SMILES string of the molecule is CCn1nnc2ccc(-c3ccn4nc(N[C@H]5CC[C@@H](OCCO)CC5)nc(OC)c34)cc21. The van der Waals surface area contributed by atoms with E-state index in [4.69, 9.17) is 19.7 Å². The van der Waals surface area contributed by atoms with Crippen LogP contribution in [0.25, 0.3) is 27.7 Å². The van der Waals surface area contributed by atoms with Crippen molar-refractivity contribution in [3.8, 4) is 17.0 Å².